The number of carbonyl (C=O) groups is 1. The summed E-state index contributed by atoms with van der Waals surface area (Å²) in [7, 11) is 0. The molecule has 0 rings (SSSR count). The van der Waals surface area contributed by atoms with Crippen molar-refractivity contribution in [1.82, 2.24) is 0 Å². The standard InChI is InChI=1S/C14H23NO4/c1-2-3-4-5-8-18-10-11-19-9-6-7-13(12-15)14(16)17/h7H,2-6,8-11H2,1H3,(H,16,17). The lowest BCUT2D eigenvalue weighted by Gasteiger charge is -2.04. The molecule has 0 aromatic heterocycles. The van der Waals surface area contributed by atoms with Crippen LogP contribution in [0, 0.1) is 11.3 Å². The van der Waals surface area contributed by atoms with Crippen LogP contribution in [-0.2, 0) is 14.3 Å². The topological polar surface area (TPSA) is 79.5 Å². The molecule has 0 saturated heterocycles. The van der Waals surface area contributed by atoms with Gasteiger partial charge in [0.05, 0.1) is 19.8 Å². The SMILES string of the molecule is CCCCCCOCCOCCC=C(C#N)C(=O)O. The van der Waals surface area contributed by atoms with E-state index in [2.05, 4.69) is 6.92 Å². The van der Waals surface area contributed by atoms with Gasteiger partial charge >= 0.3 is 5.97 Å². The lowest BCUT2D eigenvalue weighted by Crippen LogP contribution is -2.06. The van der Waals surface area contributed by atoms with Crippen molar-refractivity contribution in [1.29, 1.82) is 5.26 Å². The quantitative estimate of drug-likeness (QED) is 0.334. The molecule has 0 amide bonds. The van der Waals surface area contributed by atoms with Gasteiger partial charge in [0.25, 0.3) is 0 Å². The molecule has 5 heteroatoms. The van der Waals surface area contributed by atoms with Gasteiger partial charge in [-0.05, 0) is 12.8 Å². The molecule has 108 valence electrons. The number of nitriles is 1. The van der Waals surface area contributed by atoms with Gasteiger partial charge in [0.1, 0.15) is 11.6 Å². The van der Waals surface area contributed by atoms with E-state index in [0.717, 1.165) is 13.0 Å². The number of nitrogens with zero attached hydrogens (tertiary/aromatic N) is 1. The summed E-state index contributed by atoms with van der Waals surface area (Å²) in [5.41, 5.74) is -0.240. The van der Waals surface area contributed by atoms with Crippen molar-refractivity contribution in [3.05, 3.63) is 11.6 Å². The molecular formula is C14H23NO4. The summed E-state index contributed by atoms with van der Waals surface area (Å²) in [5.74, 6) is -1.20. The third kappa shape index (κ3) is 11.4. The normalized spacial score (nSPS) is 11.3. The van der Waals surface area contributed by atoms with Crippen LogP contribution in [0.1, 0.15) is 39.0 Å². The smallest absolute Gasteiger partial charge is 0.346 e. The predicted molar refractivity (Wildman–Crippen MR) is 71.7 cm³/mol. The van der Waals surface area contributed by atoms with Crippen LogP contribution >= 0.6 is 0 Å². The van der Waals surface area contributed by atoms with Crippen LogP contribution in [0.2, 0.25) is 0 Å². The number of aliphatic carboxylic acids is 1. The molecule has 5 nitrogen and oxygen atoms in total. The summed E-state index contributed by atoms with van der Waals surface area (Å²) in [6, 6.07) is 1.62. The van der Waals surface area contributed by atoms with Crippen molar-refractivity contribution in [2.24, 2.45) is 0 Å². The first-order chi connectivity index (χ1) is 9.22. The number of carboxylic acids is 1. The highest BCUT2D eigenvalue weighted by molar-refractivity contribution is 5.90. The van der Waals surface area contributed by atoms with Crippen LogP contribution in [0.25, 0.3) is 0 Å². The Morgan fingerprint density at radius 2 is 1.84 bits per heavy atom. The fourth-order valence-electron chi connectivity index (χ4n) is 1.42. The number of hydrogen-bond acceptors (Lipinski definition) is 4. The molecule has 19 heavy (non-hydrogen) atoms. The number of carboxylic acid groups (broad SMARTS) is 1. The molecule has 0 spiro atoms. The summed E-state index contributed by atoms with van der Waals surface area (Å²) in [5, 5.41) is 17.1. The van der Waals surface area contributed by atoms with E-state index in [4.69, 9.17) is 19.8 Å². The van der Waals surface area contributed by atoms with E-state index < -0.39 is 5.97 Å². The maximum atomic E-state index is 10.5. The second-order valence-electron chi connectivity index (χ2n) is 4.11. The van der Waals surface area contributed by atoms with Gasteiger partial charge in [-0.3, -0.25) is 0 Å². The molecule has 0 bridgehead atoms. The van der Waals surface area contributed by atoms with Crippen LogP contribution in [0.3, 0.4) is 0 Å². The molecule has 0 unspecified atom stereocenters. The predicted octanol–water partition coefficient (Wildman–Crippen LogP) is 2.52. The second-order valence-corrected chi connectivity index (χ2v) is 4.11. The van der Waals surface area contributed by atoms with Crippen molar-refractivity contribution in [3.8, 4) is 6.07 Å². The highest BCUT2D eigenvalue weighted by Crippen LogP contribution is 1.99. The highest BCUT2D eigenvalue weighted by Gasteiger charge is 2.03. The van der Waals surface area contributed by atoms with E-state index in [0.29, 0.717) is 26.2 Å². The zero-order valence-corrected chi connectivity index (χ0v) is 11.6. The van der Waals surface area contributed by atoms with Crippen LogP contribution < -0.4 is 0 Å². The molecule has 0 radical (unpaired) electrons. The molecule has 0 aliphatic carbocycles. The third-order valence-electron chi connectivity index (χ3n) is 2.48. The van der Waals surface area contributed by atoms with Crippen LogP contribution in [0.15, 0.2) is 11.6 Å². The Balaban J connectivity index is 3.32. The van der Waals surface area contributed by atoms with Crippen molar-refractivity contribution in [3.63, 3.8) is 0 Å². The Morgan fingerprint density at radius 1 is 1.16 bits per heavy atom. The van der Waals surface area contributed by atoms with Gasteiger partial charge in [-0.15, -0.1) is 0 Å². The van der Waals surface area contributed by atoms with Gasteiger partial charge < -0.3 is 14.6 Å². The lowest BCUT2D eigenvalue weighted by atomic mass is 10.2. The highest BCUT2D eigenvalue weighted by atomic mass is 16.5. The van der Waals surface area contributed by atoms with E-state index in [1.807, 2.05) is 0 Å². The Labute approximate surface area is 114 Å². The van der Waals surface area contributed by atoms with Gasteiger partial charge in [0.2, 0.25) is 0 Å². The summed E-state index contributed by atoms with van der Waals surface area (Å²) in [6.45, 7) is 4.39. The molecule has 0 aromatic rings. The van der Waals surface area contributed by atoms with Crippen molar-refractivity contribution in [2.75, 3.05) is 26.4 Å². The molecule has 0 aliphatic rings. The molecule has 0 heterocycles. The fraction of sp³-hybridized carbons (Fsp3) is 0.714. The minimum Gasteiger partial charge on any atom is -0.477 e. The first kappa shape index (κ1) is 17.6. The minimum absolute atomic E-state index is 0.240. The Kier molecular flexibility index (Phi) is 12.1. The fourth-order valence-corrected chi connectivity index (χ4v) is 1.42. The summed E-state index contributed by atoms with van der Waals surface area (Å²) < 4.78 is 10.6. The molecule has 0 fully saturated rings. The molecule has 1 N–H and O–H groups in total. The Bertz CT molecular complexity index is 307. The van der Waals surface area contributed by atoms with Gasteiger partial charge in [0, 0.05) is 6.61 Å². The maximum absolute atomic E-state index is 10.5. The zero-order chi connectivity index (χ0) is 14.3. The second kappa shape index (κ2) is 13.1. The van der Waals surface area contributed by atoms with E-state index in [1.54, 1.807) is 6.07 Å². The summed E-state index contributed by atoms with van der Waals surface area (Å²) >= 11 is 0. The van der Waals surface area contributed by atoms with Crippen molar-refractivity contribution >= 4 is 5.97 Å². The molecule has 0 aromatic carbocycles. The number of hydrogen-bond donors (Lipinski definition) is 1. The first-order valence-electron chi connectivity index (χ1n) is 6.71. The van der Waals surface area contributed by atoms with Crippen LogP contribution in [0.5, 0.6) is 0 Å². The average Bonchev–Trinajstić information content (AvgIpc) is 2.40. The van der Waals surface area contributed by atoms with E-state index in [-0.39, 0.29) is 5.57 Å². The first-order valence-corrected chi connectivity index (χ1v) is 6.71. The molecule has 0 atom stereocenters. The monoisotopic (exact) mass is 269 g/mol. The average molecular weight is 269 g/mol. The largest absolute Gasteiger partial charge is 0.477 e. The van der Waals surface area contributed by atoms with Crippen molar-refractivity contribution < 1.29 is 19.4 Å². The van der Waals surface area contributed by atoms with Crippen molar-refractivity contribution in [2.45, 2.75) is 39.0 Å². The molecular weight excluding hydrogens is 246 g/mol. The van der Waals surface area contributed by atoms with Crippen LogP contribution in [0.4, 0.5) is 0 Å². The molecule has 0 saturated carbocycles. The van der Waals surface area contributed by atoms with Gasteiger partial charge in [-0.2, -0.15) is 5.26 Å². The Hall–Kier alpha value is -1.38. The van der Waals surface area contributed by atoms with Gasteiger partial charge in [-0.1, -0.05) is 32.3 Å². The summed E-state index contributed by atoms with van der Waals surface area (Å²) in [6.07, 6.45) is 6.54. The maximum Gasteiger partial charge on any atom is 0.346 e. The Morgan fingerprint density at radius 3 is 2.42 bits per heavy atom. The van der Waals surface area contributed by atoms with Crippen LogP contribution in [-0.4, -0.2) is 37.5 Å². The van der Waals surface area contributed by atoms with E-state index >= 15 is 0 Å². The van der Waals surface area contributed by atoms with Gasteiger partial charge in [-0.25, -0.2) is 4.79 Å². The minimum atomic E-state index is -1.20. The molecule has 0 aliphatic heterocycles. The van der Waals surface area contributed by atoms with E-state index in [1.165, 1.54) is 25.3 Å². The lowest BCUT2D eigenvalue weighted by molar-refractivity contribution is -0.132. The number of unbranched alkanes of at least 4 members (excludes halogenated alkanes) is 3. The third-order valence-corrected chi connectivity index (χ3v) is 2.48. The van der Waals surface area contributed by atoms with Gasteiger partial charge in [0.15, 0.2) is 0 Å². The van der Waals surface area contributed by atoms with E-state index in [9.17, 15) is 4.79 Å². The number of rotatable bonds is 12. The number of ether oxygens (including phenoxy) is 2. The zero-order valence-electron chi connectivity index (χ0n) is 11.6. The summed E-state index contributed by atoms with van der Waals surface area (Å²) in [4.78, 5) is 10.5.